The van der Waals surface area contributed by atoms with Gasteiger partial charge in [0, 0.05) is 12.8 Å². The van der Waals surface area contributed by atoms with E-state index in [4.69, 9.17) is 17.1 Å². The third kappa shape index (κ3) is 5.59. The number of amides is 2. The number of thioether (sulfide) groups is 2. The van der Waals surface area contributed by atoms with E-state index >= 15 is 0 Å². The van der Waals surface area contributed by atoms with Gasteiger partial charge in [0.2, 0.25) is 0 Å². The zero-order valence-corrected chi connectivity index (χ0v) is 14.7. The maximum absolute atomic E-state index is 11.7. The van der Waals surface area contributed by atoms with Gasteiger partial charge in [-0.25, -0.2) is 4.79 Å². The molecule has 120 valence electrons. The summed E-state index contributed by atoms with van der Waals surface area (Å²) in [5.41, 5.74) is 0. The van der Waals surface area contributed by atoms with Crippen LogP contribution < -0.4 is 0 Å². The van der Waals surface area contributed by atoms with Crippen molar-refractivity contribution in [1.82, 2.24) is 5.06 Å². The maximum atomic E-state index is 11.7. The van der Waals surface area contributed by atoms with Crippen molar-refractivity contribution in [2.75, 3.05) is 5.75 Å². The average molecular weight is 360 g/mol. The van der Waals surface area contributed by atoms with Gasteiger partial charge in [0.15, 0.2) is 0 Å². The van der Waals surface area contributed by atoms with Gasteiger partial charge in [-0.05, 0) is 19.1 Å². The highest BCUT2D eigenvalue weighted by Crippen LogP contribution is 2.34. The number of carbonyl (C=O) groups excluding carboxylic acids is 3. The number of carbonyl (C=O) groups is 3. The monoisotopic (exact) mass is 360 g/mol. The molecular formula is C13H16N2O4S3. The highest BCUT2D eigenvalue weighted by molar-refractivity contribution is 8.47. The third-order valence-corrected chi connectivity index (χ3v) is 5.46. The van der Waals surface area contributed by atoms with Gasteiger partial charge in [-0.15, -0.1) is 16.8 Å². The van der Waals surface area contributed by atoms with Crippen molar-refractivity contribution in [2.24, 2.45) is 0 Å². The van der Waals surface area contributed by atoms with Gasteiger partial charge >= 0.3 is 5.97 Å². The van der Waals surface area contributed by atoms with Crippen molar-refractivity contribution < 1.29 is 19.2 Å². The molecule has 1 heterocycles. The van der Waals surface area contributed by atoms with Crippen LogP contribution in [0.1, 0.15) is 39.5 Å². The number of thiocarbonyl (C=S) groups is 1. The second-order valence-electron chi connectivity index (χ2n) is 4.67. The number of nitrogens with zero attached hydrogens (tertiary/aromatic N) is 2. The van der Waals surface area contributed by atoms with Gasteiger partial charge in [0.05, 0.1) is 12.5 Å². The Labute approximate surface area is 142 Å². The Balaban J connectivity index is 2.50. The fourth-order valence-corrected chi connectivity index (χ4v) is 4.51. The number of hydrogen-bond donors (Lipinski definition) is 0. The molecule has 1 saturated heterocycles. The largest absolute Gasteiger partial charge is 0.333 e. The molecule has 6 nitrogen and oxygen atoms in total. The van der Waals surface area contributed by atoms with Crippen LogP contribution in [0.2, 0.25) is 0 Å². The Kier molecular flexibility index (Phi) is 7.32. The molecule has 0 aliphatic carbocycles. The number of nitriles is 1. The maximum Gasteiger partial charge on any atom is 0.333 e. The minimum Gasteiger partial charge on any atom is -0.330 e. The molecule has 0 aromatic rings. The zero-order valence-electron chi connectivity index (χ0n) is 12.3. The van der Waals surface area contributed by atoms with E-state index in [1.54, 1.807) is 6.92 Å². The lowest BCUT2D eigenvalue weighted by Crippen LogP contribution is -2.32. The first kappa shape index (κ1) is 18.9. The smallest absolute Gasteiger partial charge is 0.330 e. The highest BCUT2D eigenvalue weighted by Gasteiger charge is 2.34. The Morgan fingerprint density at radius 3 is 2.55 bits per heavy atom. The Hall–Kier alpha value is -1.11. The van der Waals surface area contributed by atoms with Gasteiger partial charge in [-0.2, -0.15) is 5.26 Å². The highest BCUT2D eigenvalue weighted by atomic mass is 32.2. The summed E-state index contributed by atoms with van der Waals surface area (Å²) in [7, 11) is 0. The molecule has 0 saturated carbocycles. The fourth-order valence-electron chi connectivity index (χ4n) is 1.61. The lowest BCUT2D eigenvalue weighted by atomic mass is 10.1. The lowest BCUT2D eigenvalue weighted by Gasteiger charge is -2.20. The number of imide groups is 1. The lowest BCUT2D eigenvalue weighted by molar-refractivity contribution is -0.197. The summed E-state index contributed by atoms with van der Waals surface area (Å²) in [5.74, 6) is -0.929. The Morgan fingerprint density at radius 1 is 1.45 bits per heavy atom. The second kappa shape index (κ2) is 8.50. The summed E-state index contributed by atoms with van der Waals surface area (Å²) < 4.78 is -0.207. The molecule has 1 aliphatic rings. The van der Waals surface area contributed by atoms with Crippen LogP contribution in [-0.2, 0) is 19.2 Å². The van der Waals surface area contributed by atoms with Crippen molar-refractivity contribution in [1.29, 1.82) is 5.26 Å². The second-order valence-corrected chi connectivity index (χ2v) is 8.64. The van der Waals surface area contributed by atoms with E-state index in [1.165, 1.54) is 23.5 Å². The van der Waals surface area contributed by atoms with Gasteiger partial charge in [0.1, 0.15) is 8.28 Å². The van der Waals surface area contributed by atoms with Gasteiger partial charge in [-0.3, -0.25) is 9.59 Å². The molecule has 0 bridgehead atoms. The van der Waals surface area contributed by atoms with Crippen LogP contribution >= 0.6 is 35.7 Å². The van der Waals surface area contributed by atoms with Gasteiger partial charge in [-0.1, -0.05) is 30.9 Å². The molecule has 0 N–H and O–H groups in total. The number of hydroxylamine groups is 2. The van der Waals surface area contributed by atoms with E-state index in [0.29, 0.717) is 8.59 Å². The molecule has 22 heavy (non-hydrogen) atoms. The Morgan fingerprint density at radius 2 is 2.05 bits per heavy atom. The molecule has 1 fully saturated rings. The average Bonchev–Trinajstić information content (AvgIpc) is 2.77. The van der Waals surface area contributed by atoms with E-state index < -0.39 is 22.5 Å². The quantitative estimate of drug-likeness (QED) is 0.527. The first-order valence-corrected chi connectivity index (χ1v) is 8.86. The van der Waals surface area contributed by atoms with Gasteiger partial charge < -0.3 is 4.84 Å². The number of hydrogen-bond acceptors (Lipinski definition) is 8. The zero-order chi connectivity index (χ0) is 16.8. The minimum atomic E-state index is -0.850. The number of rotatable bonds is 6. The van der Waals surface area contributed by atoms with E-state index in [2.05, 4.69) is 6.07 Å². The molecule has 0 unspecified atom stereocenters. The van der Waals surface area contributed by atoms with E-state index in [1.807, 2.05) is 6.92 Å². The van der Waals surface area contributed by atoms with Crippen LogP contribution in [-0.4, -0.2) is 36.9 Å². The van der Waals surface area contributed by atoms with Crippen LogP contribution in [0.5, 0.6) is 0 Å². The summed E-state index contributed by atoms with van der Waals surface area (Å²) in [4.78, 5) is 39.2. The molecule has 1 aliphatic heterocycles. The summed E-state index contributed by atoms with van der Waals surface area (Å²) in [6.45, 7) is 3.66. The molecule has 1 atom stereocenters. The first-order valence-electron chi connectivity index (χ1n) is 6.65. The fraction of sp³-hybridized carbons (Fsp3) is 0.615. The van der Waals surface area contributed by atoms with Crippen molar-refractivity contribution in [3.8, 4) is 6.07 Å². The van der Waals surface area contributed by atoms with Crippen LogP contribution in [0, 0.1) is 11.3 Å². The van der Waals surface area contributed by atoms with Crippen LogP contribution in [0.15, 0.2) is 0 Å². The van der Waals surface area contributed by atoms with E-state index in [9.17, 15) is 19.6 Å². The predicted octanol–water partition coefficient (Wildman–Crippen LogP) is 2.43. The molecule has 2 amide bonds. The summed E-state index contributed by atoms with van der Waals surface area (Å²) in [5, 5.41) is 9.78. The van der Waals surface area contributed by atoms with Crippen LogP contribution in [0.25, 0.3) is 0 Å². The molecule has 1 rings (SSSR count). The molecule has 9 heteroatoms. The SMILES string of the molecule is CCSC(=S)S[C@](C)(C#N)CCC(=O)ON1C(=O)CCC1=O. The van der Waals surface area contributed by atoms with Crippen LogP contribution in [0.3, 0.4) is 0 Å². The van der Waals surface area contributed by atoms with Crippen molar-refractivity contribution in [3.63, 3.8) is 0 Å². The van der Waals surface area contributed by atoms with Gasteiger partial charge in [0.25, 0.3) is 11.8 Å². The standard InChI is InChI=1S/C13H16N2O4S3/c1-3-21-12(20)22-13(2,8-14)7-6-11(18)19-15-9(16)4-5-10(15)17/h3-7H2,1-2H3/t13-/m0/s1. The van der Waals surface area contributed by atoms with E-state index in [0.717, 1.165) is 5.75 Å². The Bertz CT molecular complexity index is 516. The molecule has 0 aromatic heterocycles. The summed E-state index contributed by atoms with van der Waals surface area (Å²) in [6.07, 6.45) is 0.252. The first-order chi connectivity index (χ1) is 10.3. The summed E-state index contributed by atoms with van der Waals surface area (Å²) in [6, 6.07) is 2.14. The van der Waals surface area contributed by atoms with E-state index in [-0.39, 0.29) is 25.7 Å². The third-order valence-electron chi connectivity index (χ3n) is 2.81. The van der Waals surface area contributed by atoms with Crippen molar-refractivity contribution in [2.45, 2.75) is 44.3 Å². The van der Waals surface area contributed by atoms with Crippen LogP contribution in [0.4, 0.5) is 0 Å². The minimum absolute atomic E-state index is 0.0559. The summed E-state index contributed by atoms with van der Waals surface area (Å²) >= 11 is 7.85. The predicted molar refractivity (Wildman–Crippen MR) is 88.8 cm³/mol. The van der Waals surface area contributed by atoms with Crippen molar-refractivity contribution in [3.05, 3.63) is 0 Å². The topological polar surface area (TPSA) is 87.5 Å². The van der Waals surface area contributed by atoms with Crippen molar-refractivity contribution >= 4 is 57.1 Å². The molecular weight excluding hydrogens is 344 g/mol. The molecule has 0 aromatic carbocycles. The normalized spacial score (nSPS) is 17.0. The molecule has 0 radical (unpaired) electrons. The molecule has 0 spiro atoms.